The van der Waals surface area contributed by atoms with Gasteiger partial charge in [-0.25, -0.2) is 0 Å². The van der Waals surface area contributed by atoms with E-state index in [-0.39, 0.29) is 17.9 Å². The van der Waals surface area contributed by atoms with Gasteiger partial charge in [0.25, 0.3) is 0 Å². The number of carbonyl (C=O) groups is 1. The highest BCUT2D eigenvalue weighted by Gasteiger charge is 2.29. The van der Waals surface area contributed by atoms with Gasteiger partial charge in [0.05, 0.1) is 18.3 Å². The molecule has 1 aromatic rings. The monoisotopic (exact) mass is 302 g/mol. The summed E-state index contributed by atoms with van der Waals surface area (Å²) >= 11 is 0. The van der Waals surface area contributed by atoms with Gasteiger partial charge in [0.1, 0.15) is 11.9 Å². The van der Waals surface area contributed by atoms with E-state index in [1.54, 1.807) is 0 Å². The number of benzene rings is 1. The molecule has 4 heteroatoms. The quantitative estimate of drug-likeness (QED) is 0.868. The maximum Gasteiger partial charge on any atom is 0.179 e. The summed E-state index contributed by atoms with van der Waals surface area (Å²) in [6.07, 6.45) is 2.24. The highest BCUT2D eigenvalue weighted by molar-refractivity contribution is 6.01. The molecule has 2 aliphatic rings. The van der Waals surface area contributed by atoms with Gasteiger partial charge in [0, 0.05) is 12.1 Å². The predicted octanol–water partition coefficient (Wildman–Crippen LogP) is 2.86. The molecular weight excluding hydrogens is 276 g/mol. The summed E-state index contributed by atoms with van der Waals surface area (Å²) in [6.45, 7) is 9.29. The normalized spacial score (nSPS) is 24.3. The Hall–Kier alpha value is -1.55. The molecule has 0 radical (unpaired) electrons. The number of ketones is 1. The number of hydrogen-bond donors (Lipinski definition) is 1. The maximum atomic E-state index is 12.6. The molecule has 0 aliphatic carbocycles. The maximum absolute atomic E-state index is 12.6. The third-order valence-electron chi connectivity index (χ3n) is 4.76. The van der Waals surface area contributed by atoms with Gasteiger partial charge in [-0.3, -0.25) is 4.79 Å². The second-order valence-corrected chi connectivity index (χ2v) is 6.63. The zero-order valence-electron chi connectivity index (χ0n) is 13.8. The average molecular weight is 302 g/mol. The van der Waals surface area contributed by atoms with E-state index >= 15 is 0 Å². The first-order chi connectivity index (χ1) is 10.6. The van der Waals surface area contributed by atoms with Gasteiger partial charge in [0.15, 0.2) is 5.78 Å². The second-order valence-electron chi connectivity index (χ2n) is 6.63. The van der Waals surface area contributed by atoms with E-state index in [2.05, 4.69) is 31.0 Å². The number of nitrogens with zero attached hydrogens (tertiary/aromatic N) is 1. The average Bonchev–Trinajstić information content (AvgIpc) is 3.06. The second kappa shape index (κ2) is 6.29. The Balaban J connectivity index is 1.87. The summed E-state index contributed by atoms with van der Waals surface area (Å²) in [6, 6.07) is 5.88. The first kappa shape index (κ1) is 15.3. The van der Waals surface area contributed by atoms with Crippen LogP contribution >= 0.6 is 0 Å². The lowest BCUT2D eigenvalue weighted by Gasteiger charge is -2.37. The molecule has 1 N–H and O–H groups in total. The molecule has 22 heavy (non-hydrogen) atoms. The fourth-order valence-corrected chi connectivity index (χ4v) is 3.29. The molecule has 0 aromatic heterocycles. The fraction of sp³-hybridized carbons (Fsp3) is 0.611. The van der Waals surface area contributed by atoms with Crippen molar-refractivity contribution < 1.29 is 9.53 Å². The van der Waals surface area contributed by atoms with Crippen molar-refractivity contribution in [3.63, 3.8) is 0 Å². The van der Waals surface area contributed by atoms with Crippen LogP contribution in [-0.2, 0) is 0 Å². The first-order valence-corrected chi connectivity index (χ1v) is 8.43. The molecule has 2 atom stereocenters. The molecule has 1 saturated heterocycles. The smallest absolute Gasteiger partial charge is 0.179 e. The van der Waals surface area contributed by atoms with E-state index < -0.39 is 0 Å². The number of rotatable bonds is 4. The number of anilines is 1. The number of ether oxygens (including phenoxy) is 1. The molecule has 1 fully saturated rings. The minimum absolute atomic E-state index is 0.0129. The Kier molecular flexibility index (Phi) is 4.39. The standard InChI is InChI=1S/C18H26N2O2/c1-4-20-11-17(12(2)3)22-16-8-7-13(10-15(16)20)18(21)14-6-5-9-19-14/h7-8,10,12,14,17,19H,4-6,9,11H2,1-3H3. The zero-order chi connectivity index (χ0) is 15.7. The molecule has 0 saturated carbocycles. The highest BCUT2D eigenvalue weighted by atomic mass is 16.5. The van der Waals surface area contributed by atoms with E-state index in [1.807, 2.05) is 18.2 Å². The van der Waals surface area contributed by atoms with Crippen LogP contribution in [0.4, 0.5) is 5.69 Å². The van der Waals surface area contributed by atoms with E-state index in [0.29, 0.717) is 5.92 Å². The summed E-state index contributed by atoms with van der Waals surface area (Å²) in [5.41, 5.74) is 1.85. The molecule has 0 amide bonds. The van der Waals surface area contributed by atoms with Crippen molar-refractivity contribution in [3.05, 3.63) is 23.8 Å². The van der Waals surface area contributed by atoms with Gasteiger partial charge >= 0.3 is 0 Å². The number of hydrogen-bond acceptors (Lipinski definition) is 4. The summed E-state index contributed by atoms with van der Waals surface area (Å²) in [5.74, 6) is 1.59. The lowest BCUT2D eigenvalue weighted by Crippen LogP contribution is -2.42. The third-order valence-corrected chi connectivity index (χ3v) is 4.76. The van der Waals surface area contributed by atoms with E-state index in [4.69, 9.17) is 4.74 Å². The van der Waals surface area contributed by atoms with Crippen LogP contribution in [0.15, 0.2) is 18.2 Å². The fourth-order valence-electron chi connectivity index (χ4n) is 3.29. The van der Waals surface area contributed by atoms with Crippen LogP contribution in [0.3, 0.4) is 0 Å². The lowest BCUT2D eigenvalue weighted by atomic mass is 9.99. The van der Waals surface area contributed by atoms with Crippen molar-refractivity contribution in [3.8, 4) is 5.75 Å². The molecule has 3 rings (SSSR count). The van der Waals surface area contributed by atoms with E-state index in [1.165, 1.54) is 0 Å². The third kappa shape index (κ3) is 2.84. The van der Waals surface area contributed by atoms with Crippen LogP contribution in [0.2, 0.25) is 0 Å². The topological polar surface area (TPSA) is 41.6 Å². The Morgan fingerprint density at radius 1 is 1.45 bits per heavy atom. The molecule has 0 spiro atoms. The number of carbonyl (C=O) groups excluding carboxylic acids is 1. The van der Waals surface area contributed by atoms with E-state index in [0.717, 1.165) is 49.5 Å². The SMILES string of the molecule is CCN1CC(C(C)C)Oc2ccc(C(=O)C3CCCN3)cc21. The van der Waals surface area contributed by atoms with Gasteiger partial charge < -0.3 is 15.0 Å². The lowest BCUT2D eigenvalue weighted by molar-refractivity contribution is 0.0952. The van der Waals surface area contributed by atoms with Gasteiger partial charge in [-0.2, -0.15) is 0 Å². The van der Waals surface area contributed by atoms with E-state index in [9.17, 15) is 4.79 Å². The molecule has 2 aliphatic heterocycles. The zero-order valence-corrected chi connectivity index (χ0v) is 13.8. The van der Waals surface area contributed by atoms with Crippen molar-refractivity contribution >= 4 is 11.5 Å². The number of fused-ring (bicyclic) bond motifs is 1. The summed E-state index contributed by atoms with van der Waals surface area (Å²) in [5, 5.41) is 3.29. The Labute approximate surface area is 132 Å². The van der Waals surface area contributed by atoms with Crippen molar-refractivity contribution in [2.45, 2.75) is 45.8 Å². The van der Waals surface area contributed by atoms with Crippen LogP contribution in [0.5, 0.6) is 5.75 Å². The largest absolute Gasteiger partial charge is 0.486 e. The number of nitrogens with one attached hydrogen (secondary N) is 1. The van der Waals surface area contributed by atoms with Crippen LogP contribution in [0, 0.1) is 5.92 Å². The van der Waals surface area contributed by atoms with Crippen molar-refractivity contribution in [1.82, 2.24) is 5.32 Å². The minimum atomic E-state index is -0.0129. The van der Waals surface area contributed by atoms with Gasteiger partial charge in [-0.15, -0.1) is 0 Å². The van der Waals surface area contributed by atoms with Crippen molar-refractivity contribution in [1.29, 1.82) is 0 Å². The first-order valence-electron chi connectivity index (χ1n) is 8.43. The van der Waals surface area contributed by atoms with Crippen molar-refractivity contribution in [2.24, 2.45) is 5.92 Å². The Morgan fingerprint density at radius 3 is 2.91 bits per heavy atom. The molecule has 2 unspecified atom stereocenters. The summed E-state index contributed by atoms with van der Waals surface area (Å²) in [4.78, 5) is 14.9. The number of likely N-dealkylation sites (N-methyl/N-ethyl adjacent to an activating group) is 1. The molecule has 2 heterocycles. The van der Waals surface area contributed by atoms with Crippen LogP contribution in [0.1, 0.15) is 44.0 Å². The molecular formula is C18H26N2O2. The van der Waals surface area contributed by atoms with Crippen LogP contribution in [-0.4, -0.2) is 37.6 Å². The molecule has 4 nitrogen and oxygen atoms in total. The molecule has 120 valence electrons. The highest BCUT2D eigenvalue weighted by Crippen LogP contribution is 2.36. The van der Waals surface area contributed by atoms with Gasteiger partial charge in [0.2, 0.25) is 0 Å². The summed E-state index contributed by atoms with van der Waals surface area (Å²) in [7, 11) is 0. The summed E-state index contributed by atoms with van der Waals surface area (Å²) < 4.78 is 6.12. The van der Waals surface area contributed by atoms with Gasteiger partial charge in [-0.1, -0.05) is 13.8 Å². The number of Topliss-reactive ketones (excluding diaryl/α,β-unsaturated/α-hetero) is 1. The molecule has 1 aromatic carbocycles. The Bertz CT molecular complexity index is 550. The molecule has 0 bridgehead atoms. The van der Waals surface area contributed by atoms with Gasteiger partial charge in [-0.05, 0) is 50.4 Å². The van der Waals surface area contributed by atoms with Crippen LogP contribution in [0.25, 0.3) is 0 Å². The Morgan fingerprint density at radius 2 is 2.27 bits per heavy atom. The predicted molar refractivity (Wildman–Crippen MR) is 88.9 cm³/mol. The van der Waals surface area contributed by atoms with Crippen LogP contribution < -0.4 is 15.0 Å². The minimum Gasteiger partial charge on any atom is -0.486 e. The van der Waals surface area contributed by atoms with Crippen molar-refractivity contribution in [2.75, 3.05) is 24.5 Å².